The van der Waals surface area contributed by atoms with Crippen molar-refractivity contribution in [2.45, 2.75) is 6.42 Å². The first kappa shape index (κ1) is 65.2. The van der Waals surface area contributed by atoms with Gasteiger partial charge in [-0.25, -0.2) is 0 Å². The fourth-order valence-electron chi connectivity index (χ4n) is 15.5. The van der Waals surface area contributed by atoms with E-state index in [1.165, 1.54) is 133 Å². The summed E-state index contributed by atoms with van der Waals surface area (Å²) in [7, 11) is 0. The molecule has 3 N–H and O–H groups in total. The first-order chi connectivity index (χ1) is 53.5. The number of nitrogens with one attached hydrogen (secondary N) is 3. The van der Waals surface area contributed by atoms with E-state index in [9.17, 15) is 0 Å². The molecule has 0 aliphatic carbocycles. The average molecular weight is 1420 g/mol. The van der Waals surface area contributed by atoms with Gasteiger partial charge in [-0.15, -0.1) is 22.7 Å². The number of hydrogen-bond acceptors (Lipinski definition) is 6. The fraction of sp³-hybridized carbons (Fsp3) is 0.00990. The number of hydrogen-bond donors (Lipinski definition) is 3. The predicted octanol–water partition coefficient (Wildman–Crippen LogP) is 29.6. The van der Waals surface area contributed by atoms with Gasteiger partial charge in [0.05, 0.1) is 11.0 Å². The molecule has 22 aromatic rings. The summed E-state index contributed by atoms with van der Waals surface area (Å²) < 4.78 is 13.8. The minimum atomic E-state index is 0.897. The number of rotatable bonds is 10. The normalized spacial score (nSPS) is 11.4. The van der Waals surface area contributed by atoms with Gasteiger partial charge < -0.3 is 24.9 Å². The zero-order valence-electron chi connectivity index (χ0n) is 58.9. The van der Waals surface area contributed by atoms with Gasteiger partial charge in [-0.1, -0.05) is 267 Å². The lowest BCUT2D eigenvalue weighted by atomic mass is 9.94. The van der Waals surface area contributed by atoms with E-state index in [0.717, 1.165) is 62.5 Å². The Morgan fingerprint density at radius 1 is 0.231 bits per heavy atom. The standard InChI is InChI=1S/C30H19NO.C25H18S.C24H18N2.C22H15NS/c1-2-9-23-21(7-1)22-8-3-4-10-24(22)28-17-19(13-15-25(23)28)31-20-14-16-27-26-11-5-6-12-29(26)32-30(27)18-20;1-3-7-18(8-4-1)15-19-11-13-24-22(16-19)23-17-21(12-14-25(23)26-24)20-9-5-2-6-10-20;1-3-9-18(10-4-1)25-19-15-16-22-21-13-7-8-14-23(21)26(24(22)17-19)20-11-5-2-6-12-20;1-2-8-15(9-3-1)23-19-14-21-22(17-11-5-4-10-16(17)19)18-12-6-7-13-20(18)24-21/h1-18,31H;1-14,16-17H,15H2;1-17,25H;1-14,23H. The first-order valence-electron chi connectivity index (χ1n) is 36.6. The highest BCUT2D eigenvalue weighted by Crippen LogP contribution is 2.44. The van der Waals surface area contributed by atoms with E-state index >= 15 is 0 Å². The number of nitrogens with zero attached hydrogens (tertiary/aromatic N) is 1. The van der Waals surface area contributed by atoms with E-state index in [1.807, 2.05) is 65.1 Å². The van der Waals surface area contributed by atoms with Crippen molar-refractivity contribution in [3.63, 3.8) is 0 Å². The van der Waals surface area contributed by atoms with Gasteiger partial charge in [0.2, 0.25) is 0 Å². The third kappa shape index (κ3) is 12.8. The molecular weight excluding hydrogens is 1350 g/mol. The number of thiophene rings is 2. The van der Waals surface area contributed by atoms with Crippen molar-refractivity contribution in [2.24, 2.45) is 0 Å². The van der Waals surface area contributed by atoms with Gasteiger partial charge in [-0.05, 0) is 188 Å². The van der Waals surface area contributed by atoms with Crippen molar-refractivity contribution in [2.75, 3.05) is 16.0 Å². The number of fused-ring (bicyclic) bond motifs is 20. The van der Waals surface area contributed by atoms with Crippen molar-refractivity contribution in [1.82, 2.24) is 4.57 Å². The molecule has 7 heteroatoms. The maximum atomic E-state index is 6.07. The van der Waals surface area contributed by atoms with Gasteiger partial charge in [0.25, 0.3) is 0 Å². The molecule has 18 aromatic carbocycles. The van der Waals surface area contributed by atoms with E-state index < -0.39 is 0 Å². The maximum absolute atomic E-state index is 6.07. The van der Waals surface area contributed by atoms with Crippen LogP contribution in [0.15, 0.2) is 399 Å². The molecule has 0 saturated carbocycles. The van der Waals surface area contributed by atoms with Crippen LogP contribution >= 0.6 is 22.7 Å². The minimum Gasteiger partial charge on any atom is -0.456 e. The highest BCUT2D eigenvalue weighted by molar-refractivity contribution is 7.26. The van der Waals surface area contributed by atoms with Crippen LogP contribution in [0.2, 0.25) is 0 Å². The highest BCUT2D eigenvalue weighted by Gasteiger charge is 2.17. The third-order valence-electron chi connectivity index (χ3n) is 20.5. The van der Waals surface area contributed by atoms with Crippen molar-refractivity contribution in [3.05, 3.63) is 405 Å². The second-order valence-electron chi connectivity index (χ2n) is 27.3. The van der Waals surface area contributed by atoms with E-state index in [4.69, 9.17) is 4.42 Å². The molecule has 22 rings (SSSR count). The minimum absolute atomic E-state index is 0.897. The molecule has 0 amide bonds. The summed E-state index contributed by atoms with van der Waals surface area (Å²) in [5.41, 5.74) is 17.2. The molecule has 0 fully saturated rings. The molecular formula is C101H70N4OS2. The molecule has 0 unspecified atom stereocenters. The zero-order valence-corrected chi connectivity index (χ0v) is 60.5. The van der Waals surface area contributed by atoms with Crippen LogP contribution < -0.4 is 16.0 Å². The van der Waals surface area contributed by atoms with Crippen molar-refractivity contribution in [3.8, 4) is 16.8 Å². The maximum Gasteiger partial charge on any atom is 0.137 e. The fourth-order valence-corrected chi connectivity index (χ4v) is 17.7. The summed E-state index contributed by atoms with van der Waals surface area (Å²) in [5, 5.41) is 31.2. The number of para-hydroxylation sites is 5. The summed E-state index contributed by atoms with van der Waals surface area (Å²) in [6.45, 7) is 0. The van der Waals surface area contributed by atoms with Crippen LogP contribution in [0.25, 0.3) is 144 Å². The van der Waals surface area contributed by atoms with Crippen molar-refractivity contribution >= 4 is 184 Å². The predicted molar refractivity (Wildman–Crippen MR) is 467 cm³/mol. The zero-order chi connectivity index (χ0) is 71.7. The smallest absolute Gasteiger partial charge is 0.137 e. The molecule has 5 nitrogen and oxygen atoms in total. The molecule has 0 aliphatic heterocycles. The Hall–Kier alpha value is -13.6. The number of anilines is 6. The second kappa shape index (κ2) is 28.8. The molecule has 4 heterocycles. The summed E-state index contributed by atoms with van der Waals surface area (Å²) >= 11 is 3.74. The molecule has 4 aromatic heterocycles. The lowest BCUT2D eigenvalue weighted by Crippen LogP contribution is -1.94. The van der Waals surface area contributed by atoms with Gasteiger partial charge in [0, 0.05) is 113 Å². The van der Waals surface area contributed by atoms with Crippen LogP contribution in [0, 0.1) is 0 Å². The van der Waals surface area contributed by atoms with E-state index in [0.29, 0.717) is 0 Å². The van der Waals surface area contributed by atoms with Crippen LogP contribution in [-0.4, -0.2) is 4.57 Å². The number of aromatic nitrogens is 1. The van der Waals surface area contributed by atoms with E-state index in [-0.39, 0.29) is 0 Å². The van der Waals surface area contributed by atoms with Crippen molar-refractivity contribution in [1.29, 1.82) is 0 Å². The summed E-state index contributed by atoms with van der Waals surface area (Å²) in [4.78, 5) is 0. The topological polar surface area (TPSA) is 54.2 Å². The average Bonchev–Trinajstić information content (AvgIpc) is 0.999. The first-order valence-corrected chi connectivity index (χ1v) is 38.3. The molecule has 0 saturated heterocycles. The molecule has 0 spiro atoms. The summed E-state index contributed by atoms with van der Waals surface area (Å²) in [6, 6.07) is 140. The van der Waals surface area contributed by atoms with Crippen LogP contribution in [0.3, 0.4) is 0 Å². The monoisotopic (exact) mass is 1420 g/mol. The highest BCUT2D eigenvalue weighted by atomic mass is 32.1. The number of benzene rings is 18. The largest absolute Gasteiger partial charge is 0.456 e. The molecule has 0 atom stereocenters. The summed E-state index contributed by atoms with van der Waals surface area (Å²) in [5.74, 6) is 0. The van der Waals surface area contributed by atoms with Crippen LogP contribution in [-0.2, 0) is 6.42 Å². The van der Waals surface area contributed by atoms with Crippen LogP contribution in [0.1, 0.15) is 11.1 Å². The van der Waals surface area contributed by atoms with Gasteiger partial charge in [0.1, 0.15) is 11.2 Å². The Balaban J connectivity index is 0.0000000986. The Morgan fingerprint density at radius 2 is 0.694 bits per heavy atom. The molecule has 0 aliphatic rings. The lowest BCUT2D eigenvalue weighted by Gasteiger charge is -2.13. The lowest BCUT2D eigenvalue weighted by molar-refractivity contribution is 0.669. The van der Waals surface area contributed by atoms with Crippen molar-refractivity contribution < 1.29 is 4.42 Å². The summed E-state index contributed by atoms with van der Waals surface area (Å²) in [6.07, 6.45) is 0.979. The Bertz CT molecular complexity index is 7010. The third-order valence-corrected chi connectivity index (χ3v) is 22.8. The van der Waals surface area contributed by atoms with Crippen LogP contribution in [0.4, 0.5) is 34.1 Å². The Kier molecular flexibility index (Phi) is 17.4. The number of furan rings is 1. The van der Waals surface area contributed by atoms with E-state index in [2.05, 4.69) is 372 Å². The molecule has 0 radical (unpaired) electrons. The van der Waals surface area contributed by atoms with E-state index in [1.54, 1.807) is 0 Å². The van der Waals surface area contributed by atoms with Gasteiger partial charge in [-0.3, -0.25) is 0 Å². The van der Waals surface area contributed by atoms with Gasteiger partial charge in [0.15, 0.2) is 0 Å². The molecule has 512 valence electrons. The van der Waals surface area contributed by atoms with Crippen LogP contribution in [0.5, 0.6) is 0 Å². The quantitative estimate of drug-likeness (QED) is 0.119. The second-order valence-corrected chi connectivity index (χ2v) is 29.5. The van der Waals surface area contributed by atoms with Gasteiger partial charge in [-0.2, -0.15) is 0 Å². The van der Waals surface area contributed by atoms with Gasteiger partial charge >= 0.3 is 0 Å². The Labute approximate surface area is 633 Å². The SMILES string of the molecule is c1ccc(Cc2ccc3sc4ccc(-c5ccccc5)cc4c3c2)cc1.c1ccc(Nc2cc3sc4ccccc4c3c3ccccc23)cc1.c1ccc(Nc2ccc3c4ccccc4n(-c4ccccc4)c3c2)cc1.c1ccc2c(c1)oc1cc(Nc3ccc4c5ccccc5c5ccccc5c4c3)ccc12. The Morgan fingerprint density at radius 3 is 1.40 bits per heavy atom. The molecule has 108 heavy (non-hydrogen) atoms. The molecule has 0 bridgehead atoms.